The molecule has 2 N–H and O–H groups in total. The maximum atomic E-state index is 12.3. The van der Waals surface area contributed by atoms with Gasteiger partial charge in [0.25, 0.3) is 0 Å². The molecule has 0 saturated heterocycles. The Morgan fingerprint density at radius 1 is 1.32 bits per heavy atom. The molecular formula is C18H28N2O2. The Morgan fingerprint density at radius 2 is 1.95 bits per heavy atom. The highest BCUT2D eigenvalue weighted by Gasteiger charge is 2.26. The highest BCUT2D eigenvalue weighted by Crippen LogP contribution is 2.25. The predicted octanol–water partition coefficient (Wildman–Crippen LogP) is 3.25. The number of hydrogen-bond acceptors (Lipinski definition) is 2. The lowest BCUT2D eigenvalue weighted by atomic mass is 9.86. The number of aryl methyl sites for hydroxylation is 1. The fourth-order valence-corrected chi connectivity index (χ4v) is 3.07. The molecule has 0 heterocycles. The van der Waals surface area contributed by atoms with E-state index in [1.54, 1.807) is 11.9 Å². The number of rotatable bonds is 4. The summed E-state index contributed by atoms with van der Waals surface area (Å²) >= 11 is 0. The van der Waals surface area contributed by atoms with Crippen molar-refractivity contribution in [3.63, 3.8) is 0 Å². The molecule has 0 spiro atoms. The van der Waals surface area contributed by atoms with Gasteiger partial charge in [0.2, 0.25) is 0 Å². The van der Waals surface area contributed by atoms with E-state index in [0.717, 1.165) is 31.2 Å². The first-order chi connectivity index (χ1) is 10.5. The van der Waals surface area contributed by atoms with Gasteiger partial charge in [0, 0.05) is 19.5 Å². The average molecular weight is 304 g/mol. The Morgan fingerprint density at radius 3 is 2.59 bits per heavy atom. The number of carbonyl (C=O) groups excluding carboxylic acids is 1. The lowest BCUT2D eigenvalue weighted by molar-refractivity contribution is 0.0563. The minimum atomic E-state index is -0.265. The van der Waals surface area contributed by atoms with Crippen molar-refractivity contribution in [3.05, 3.63) is 35.4 Å². The van der Waals surface area contributed by atoms with Crippen LogP contribution in [-0.4, -0.2) is 35.7 Å². The summed E-state index contributed by atoms with van der Waals surface area (Å²) in [6, 6.07) is 8.11. The third-order valence-electron chi connectivity index (χ3n) is 4.64. The Bertz CT molecular complexity index is 486. The fourth-order valence-electron chi connectivity index (χ4n) is 3.07. The first-order valence-electron chi connectivity index (χ1n) is 8.23. The van der Waals surface area contributed by atoms with Crippen molar-refractivity contribution < 1.29 is 9.90 Å². The van der Waals surface area contributed by atoms with Crippen LogP contribution in [0.1, 0.15) is 49.8 Å². The summed E-state index contributed by atoms with van der Waals surface area (Å²) in [5.41, 5.74) is 2.32. The summed E-state index contributed by atoms with van der Waals surface area (Å²) in [5.74, 6) is 0.208. The number of urea groups is 1. The first-order valence-corrected chi connectivity index (χ1v) is 8.23. The number of amides is 2. The van der Waals surface area contributed by atoms with Gasteiger partial charge in [0.05, 0.1) is 12.1 Å². The molecular weight excluding hydrogens is 276 g/mol. The lowest BCUT2D eigenvalue weighted by Gasteiger charge is -2.31. The van der Waals surface area contributed by atoms with Gasteiger partial charge in [-0.05, 0) is 32.3 Å². The second kappa shape index (κ2) is 7.63. The Balaban J connectivity index is 1.86. The van der Waals surface area contributed by atoms with Crippen LogP contribution in [0.25, 0.3) is 0 Å². The largest absolute Gasteiger partial charge is 0.393 e. The molecule has 0 bridgehead atoms. The zero-order valence-corrected chi connectivity index (χ0v) is 13.9. The zero-order chi connectivity index (χ0) is 16.1. The number of carbonyl (C=O) groups is 1. The Kier molecular flexibility index (Phi) is 5.83. The molecule has 4 heteroatoms. The van der Waals surface area contributed by atoms with E-state index in [1.807, 2.05) is 19.1 Å². The van der Waals surface area contributed by atoms with E-state index in [-0.39, 0.29) is 24.1 Å². The topological polar surface area (TPSA) is 52.6 Å². The van der Waals surface area contributed by atoms with Crippen LogP contribution in [0.5, 0.6) is 0 Å². The molecule has 1 aliphatic rings. The van der Waals surface area contributed by atoms with E-state index >= 15 is 0 Å². The van der Waals surface area contributed by atoms with E-state index < -0.39 is 0 Å². The molecule has 3 atom stereocenters. The normalized spacial score (nSPS) is 22.9. The molecule has 1 fully saturated rings. The second-order valence-electron chi connectivity index (χ2n) is 6.57. The van der Waals surface area contributed by atoms with Gasteiger partial charge in [-0.15, -0.1) is 0 Å². The van der Waals surface area contributed by atoms with Crippen LogP contribution >= 0.6 is 0 Å². The van der Waals surface area contributed by atoms with Gasteiger partial charge in [0.15, 0.2) is 0 Å². The molecule has 3 unspecified atom stereocenters. The summed E-state index contributed by atoms with van der Waals surface area (Å²) in [4.78, 5) is 14.0. The van der Waals surface area contributed by atoms with Crippen molar-refractivity contribution in [2.45, 2.75) is 51.7 Å². The van der Waals surface area contributed by atoms with Crippen LogP contribution < -0.4 is 5.32 Å². The van der Waals surface area contributed by atoms with Gasteiger partial charge in [-0.25, -0.2) is 4.79 Å². The van der Waals surface area contributed by atoms with Crippen molar-refractivity contribution in [2.24, 2.45) is 5.92 Å². The number of aliphatic hydroxyl groups is 1. The SMILES string of the molecule is Cc1ccc(C(C)NC(=O)N(C)CC2CCCCC2O)cc1. The Hall–Kier alpha value is -1.55. The van der Waals surface area contributed by atoms with Crippen LogP contribution in [0.4, 0.5) is 4.79 Å². The number of hydrogen-bond donors (Lipinski definition) is 2. The van der Waals surface area contributed by atoms with Crippen molar-refractivity contribution >= 4 is 6.03 Å². The highest BCUT2D eigenvalue weighted by atomic mass is 16.3. The molecule has 0 aromatic heterocycles. The smallest absolute Gasteiger partial charge is 0.317 e. The third kappa shape index (κ3) is 4.47. The Labute approximate surface area is 133 Å². The van der Waals surface area contributed by atoms with Gasteiger partial charge in [-0.1, -0.05) is 42.7 Å². The number of nitrogens with one attached hydrogen (secondary N) is 1. The predicted molar refractivity (Wildman–Crippen MR) is 88.7 cm³/mol. The van der Waals surface area contributed by atoms with E-state index in [9.17, 15) is 9.90 Å². The third-order valence-corrected chi connectivity index (χ3v) is 4.64. The van der Waals surface area contributed by atoms with E-state index in [4.69, 9.17) is 0 Å². The maximum Gasteiger partial charge on any atom is 0.317 e. The van der Waals surface area contributed by atoms with Crippen LogP contribution in [0, 0.1) is 12.8 Å². The molecule has 4 nitrogen and oxygen atoms in total. The molecule has 2 rings (SSSR count). The molecule has 1 aliphatic carbocycles. The minimum Gasteiger partial charge on any atom is -0.393 e. The molecule has 2 amide bonds. The van der Waals surface area contributed by atoms with Crippen LogP contribution in [0.15, 0.2) is 24.3 Å². The van der Waals surface area contributed by atoms with E-state index in [0.29, 0.717) is 6.54 Å². The number of benzene rings is 1. The first kappa shape index (κ1) is 16.8. The molecule has 1 saturated carbocycles. The minimum absolute atomic E-state index is 0.0215. The van der Waals surface area contributed by atoms with Gasteiger partial charge in [0.1, 0.15) is 0 Å². The fraction of sp³-hybridized carbons (Fsp3) is 0.611. The standard InChI is InChI=1S/C18H28N2O2/c1-13-8-10-15(11-9-13)14(2)19-18(22)20(3)12-16-6-4-5-7-17(16)21/h8-11,14,16-17,21H,4-7,12H2,1-3H3,(H,19,22). The maximum absolute atomic E-state index is 12.3. The van der Waals surface area contributed by atoms with Gasteiger partial charge in [-0.2, -0.15) is 0 Å². The summed E-state index contributed by atoms with van der Waals surface area (Å²) in [5, 5.41) is 13.1. The monoisotopic (exact) mass is 304 g/mol. The number of nitrogens with zero attached hydrogens (tertiary/aromatic N) is 1. The highest BCUT2D eigenvalue weighted by molar-refractivity contribution is 5.74. The van der Waals surface area contributed by atoms with Gasteiger partial charge >= 0.3 is 6.03 Å². The number of aliphatic hydroxyl groups excluding tert-OH is 1. The molecule has 22 heavy (non-hydrogen) atoms. The molecule has 0 radical (unpaired) electrons. The molecule has 0 aliphatic heterocycles. The zero-order valence-electron chi connectivity index (χ0n) is 13.9. The van der Waals surface area contributed by atoms with Crippen molar-refractivity contribution in [2.75, 3.05) is 13.6 Å². The quantitative estimate of drug-likeness (QED) is 0.897. The van der Waals surface area contributed by atoms with Crippen molar-refractivity contribution in [1.29, 1.82) is 0 Å². The van der Waals surface area contributed by atoms with Crippen molar-refractivity contribution in [3.8, 4) is 0 Å². The van der Waals surface area contributed by atoms with Crippen molar-refractivity contribution in [1.82, 2.24) is 10.2 Å². The van der Waals surface area contributed by atoms with Crippen LogP contribution in [0.3, 0.4) is 0 Å². The van der Waals surface area contributed by atoms with E-state index in [2.05, 4.69) is 24.4 Å². The molecule has 1 aromatic carbocycles. The van der Waals surface area contributed by atoms with E-state index in [1.165, 1.54) is 5.56 Å². The summed E-state index contributed by atoms with van der Waals surface area (Å²) < 4.78 is 0. The summed E-state index contributed by atoms with van der Waals surface area (Å²) in [6.45, 7) is 4.66. The van der Waals surface area contributed by atoms with Gasteiger partial charge < -0.3 is 15.3 Å². The molecule has 122 valence electrons. The van der Waals surface area contributed by atoms with Gasteiger partial charge in [-0.3, -0.25) is 0 Å². The van der Waals surface area contributed by atoms with Crippen LogP contribution in [0.2, 0.25) is 0 Å². The summed E-state index contributed by atoms with van der Waals surface area (Å²) in [6.07, 6.45) is 3.85. The second-order valence-corrected chi connectivity index (χ2v) is 6.57. The average Bonchev–Trinajstić information content (AvgIpc) is 2.50. The van der Waals surface area contributed by atoms with Crippen LogP contribution in [-0.2, 0) is 0 Å². The summed E-state index contributed by atoms with van der Waals surface area (Å²) in [7, 11) is 1.80. The lowest BCUT2D eigenvalue weighted by Crippen LogP contribution is -2.43. The molecule has 1 aromatic rings.